The Labute approximate surface area is 73.2 Å². The van der Waals surface area contributed by atoms with Crippen molar-refractivity contribution < 1.29 is 5.11 Å². The average molecular weight is 168 g/mol. The van der Waals surface area contributed by atoms with Crippen LogP contribution in [0.5, 0.6) is 0 Å². The van der Waals surface area contributed by atoms with E-state index in [1.807, 2.05) is 6.92 Å². The summed E-state index contributed by atoms with van der Waals surface area (Å²) in [4.78, 5) is 3.93. The third-order valence-electron chi connectivity index (χ3n) is 1.77. The number of aliphatic hydroxyl groups excluding tert-OH is 1. The Morgan fingerprint density at radius 1 is 1.50 bits per heavy atom. The minimum atomic E-state index is -0.680. The van der Waals surface area contributed by atoms with Crippen molar-refractivity contribution in [3.05, 3.63) is 11.8 Å². The predicted molar refractivity (Wildman–Crippen MR) is 49.8 cm³/mol. The molecule has 0 saturated carbocycles. The molecule has 0 aliphatic carbocycles. The van der Waals surface area contributed by atoms with Gasteiger partial charge < -0.3 is 10.4 Å². The second-order valence-electron chi connectivity index (χ2n) is 4.08. The molecule has 0 saturated heterocycles. The first-order chi connectivity index (χ1) is 5.39. The van der Waals surface area contributed by atoms with Gasteiger partial charge >= 0.3 is 0 Å². The molecule has 1 atom stereocenters. The van der Waals surface area contributed by atoms with Crippen molar-refractivity contribution in [2.75, 3.05) is 0 Å². The van der Waals surface area contributed by atoms with Crippen LogP contribution in [0.25, 0.3) is 0 Å². The van der Waals surface area contributed by atoms with Crippen LogP contribution in [-0.2, 0) is 0 Å². The zero-order chi connectivity index (χ0) is 9.35. The molecule has 3 heteroatoms. The zero-order valence-corrected chi connectivity index (χ0v) is 8.05. The van der Waals surface area contributed by atoms with Gasteiger partial charge in [-0.05, 0) is 13.0 Å². The summed E-state index contributed by atoms with van der Waals surface area (Å²) in [6.45, 7) is 8.13. The lowest BCUT2D eigenvalue weighted by molar-refractivity contribution is 0.226. The maximum atomic E-state index is 9.31. The largest absolute Gasteiger partial charge is 0.368 e. The molecule has 1 aliphatic rings. The molecule has 0 spiro atoms. The van der Waals surface area contributed by atoms with Crippen LogP contribution in [0, 0.1) is 5.41 Å². The second-order valence-corrected chi connectivity index (χ2v) is 4.08. The quantitative estimate of drug-likeness (QED) is 0.572. The van der Waals surface area contributed by atoms with Gasteiger partial charge in [0.1, 0.15) is 5.84 Å². The molecule has 12 heavy (non-hydrogen) atoms. The SMILES string of the molecule is CC1=NC(O)C=C(C(C)(C)C)N1. The summed E-state index contributed by atoms with van der Waals surface area (Å²) in [6.07, 6.45) is 1.06. The average Bonchev–Trinajstić information content (AvgIpc) is 1.82. The number of rotatable bonds is 0. The van der Waals surface area contributed by atoms with E-state index in [0.29, 0.717) is 0 Å². The number of hydrogen-bond acceptors (Lipinski definition) is 3. The molecule has 2 N–H and O–H groups in total. The molecule has 3 nitrogen and oxygen atoms in total. The summed E-state index contributed by atoms with van der Waals surface area (Å²) < 4.78 is 0. The van der Waals surface area contributed by atoms with E-state index in [1.54, 1.807) is 6.08 Å². The summed E-state index contributed by atoms with van der Waals surface area (Å²) in [5, 5.41) is 12.4. The molecule has 0 radical (unpaired) electrons. The first-order valence-corrected chi connectivity index (χ1v) is 4.11. The Balaban J connectivity index is 2.83. The predicted octanol–water partition coefficient (Wildman–Crippen LogP) is 1.26. The van der Waals surface area contributed by atoms with Crippen molar-refractivity contribution in [2.24, 2.45) is 10.4 Å². The van der Waals surface area contributed by atoms with Gasteiger partial charge in [0.05, 0.1) is 0 Å². The van der Waals surface area contributed by atoms with E-state index >= 15 is 0 Å². The summed E-state index contributed by atoms with van der Waals surface area (Å²) in [5.41, 5.74) is 1.07. The van der Waals surface area contributed by atoms with Crippen LogP contribution in [0.2, 0.25) is 0 Å². The van der Waals surface area contributed by atoms with Gasteiger partial charge in [0.15, 0.2) is 6.23 Å². The molecule has 1 rings (SSSR count). The molecule has 1 heterocycles. The molecular weight excluding hydrogens is 152 g/mol. The molecule has 1 unspecified atom stereocenters. The van der Waals surface area contributed by atoms with Crippen LogP contribution in [-0.4, -0.2) is 17.2 Å². The smallest absolute Gasteiger partial charge is 0.168 e. The minimum Gasteiger partial charge on any atom is -0.368 e. The number of nitrogens with one attached hydrogen (secondary N) is 1. The van der Waals surface area contributed by atoms with Gasteiger partial charge in [0.2, 0.25) is 0 Å². The normalized spacial score (nSPS) is 24.2. The highest BCUT2D eigenvalue weighted by molar-refractivity contribution is 5.82. The van der Waals surface area contributed by atoms with Crippen molar-refractivity contribution in [3.8, 4) is 0 Å². The Bertz CT molecular complexity index is 235. The van der Waals surface area contributed by atoms with Crippen molar-refractivity contribution in [1.29, 1.82) is 0 Å². The fraction of sp³-hybridized carbons (Fsp3) is 0.667. The number of allylic oxidation sites excluding steroid dienone is 1. The molecule has 0 amide bonds. The lowest BCUT2D eigenvalue weighted by Crippen LogP contribution is -2.33. The highest BCUT2D eigenvalue weighted by Crippen LogP contribution is 2.24. The molecule has 0 aromatic heterocycles. The fourth-order valence-electron chi connectivity index (χ4n) is 1.09. The van der Waals surface area contributed by atoms with Gasteiger partial charge in [-0.1, -0.05) is 20.8 Å². The third-order valence-corrected chi connectivity index (χ3v) is 1.77. The highest BCUT2D eigenvalue weighted by Gasteiger charge is 2.21. The number of nitrogens with zero attached hydrogens (tertiary/aromatic N) is 1. The van der Waals surface area contributed by atoms with Crippen LogP contribution in [0.15, 0.2) is 16.8 Å². The molecule has 0 aromatic carbocycles. The number of hydrogen-bond donors (Lipinski definition) is 2. The standard InChI is InChI=1S/C9H16N2O/c1-6-10-7(9(2,3)4)5-8(12)11-6/h5,8,12H,1-4H3,(H,10,11). The first kappa shape index (κ1) is 9.26. The highest BCUT2D eigenvalue weighted by atomic mass is 16.3. The van der Waals surface area contributed by atoms with Crippen LogP contribution < -0.4 is 5.32 Å². The van der Waals surface area contributed by atoms with Crippen molar-refractivity contribution in [2.45, 2.75) is 33.9 Å². The Hall–Kier alpha value is -0.830. The van der Waals surface area contributed by atoms with Gasteiger partial charge in [0, 0.05) is 11.1 Å². The summed E-state index contributed by atoms with van der Waals surface area (Å²) in [5.74, 6) is 0.773. The van der Waals surface area contributed by atoms with E-state index in [9.17, 15) is 5.11 Å². The van der Waals surface area contributed by atoms with E-state index in [4.69, 9.17) is 0 Å². The van der Waals surface area contributed by atoms with Crippen LogP contribution in [0.3, 0.4) is 0 Å². The zero-order valence-electron chi connectivity index (χ0n) is 8.05. The summed E-state index contributed by atoms with van der Waals surface area (Å²) in [6, 6.07) is 0. The van der Waals surface area contributed by atoms with Gasteiger partial charge in [-0.2, -0.15) is 0 Å². The number of aliphatic imine (C=N–C) groups is 1. The lowest BCUT2D eigenvalue weighted by atomic mass is 9.91. The lowest BCUT2D eigenvalue weighted by Gasteiger charge is -2.27. The second kappa shape index (κ2) is 2.90. The van der Waals surface area contributed by atoms with Crippen LogP contribution >= 0.6 is 0 Å². The summed E-state index contributed by atoms with van der Waals surface area (Å²) >= 11 is 0. The third kappa shape index (κ3) is 2.08. The molecular formula is C9H16N2O. The molecule has 68 valence electrons. The van der Waals surface area contributed by atoms with Crippen molar-refractivity contribution in [3.63, 3.8) is 0 Å². The van der Waals surface area contributed by atoms with E-state index < -0.39 is 6.23 Å². The maximum Gasteiger partial charge on any atom is 0.168 e. The first-order valence-electron chi connectivity index (χ1n) is 4.11. The molecule has 0 bridgehead atoms. The molecule has 1 aliphatic heterocycles. The maximum absolute atomic E-state index is 9.31. The van der Waals surface area contributed by atoms with Gasteiger partial charge in [-0.15, -0.1) is 0 Å². The van der Waals surface area contributed by atoms with Crippen molar-refractivity contribution >= 4 is 5.84 Å². The topological polar surface area (TPSA) is 44.6 Å². The van der Waals surface area contributed by atoms with Gasteiger partial charge in [-0.3, -0.25) is 0 Å². The minimum absolute atomic E-state index is 0.0399. The molecule has 0 aromatic rings. The van der Waals surface area contributed by atoms with Gasteiger partial charge in [0.25, 0.3) is 0 Å². The monoisotopic (exact) mass is 168 g/mol. The Morgan fingerprint density at radius 3 is 2.50 bits per heavy atom. The Kier molecular flexibility index (Phi) is 2.24. The van der Waals surface area contributed by atoms with Crippen molar-refractivity contribution in [1.82, 2.24) is 5.32 Å². The number of aliphatic hydroxyl groups is 1. The van der Waals surface area contributed by atoms with E-state index in [2.05, 4.69) is 31.1 Å². The molecule has 0 fully saturated rings. The fourth-order valence-corrected chi connectivity index (χ4v) is 1.09. The van der Waals surface area contributed by atoms with Crippen LogP contribution in [0.1, 0.15) is 27.7 Å². The van der Waals surface area contributed by atoms with E-state index in [-0.39, 0.29) is 5.41 Å². The Morgan fingerprint density at radius 2 is 2.08 bits per heavy atom. The summed E-state index contributed by atoms with van der Waals surface area (Å²) in [7, 11) is 0. The van der Waals surface area contributed by atoms with E-state index in [1.165, 1.54) is 0 Å². The van der Waals surface area contributed by atoms with E-state index in [0.717, 1.165) is 11.5 Å². The van der Waals surface area contributed by atoms with Gasteiger partial charge in [-0.25, -0.2) is 4.99 Å². The number of amidine groups is 1. The van der Waals surface area contributed by atoms with Crippen LogP contribution in [0.4, 0.5) is 0 Å².